The zero-order valence-electron chi connectivity index (χ0n) is 13.6. The molecule has 0 unspecified atom stereocenters. The summed E-state index contributed by atoms with van der Waals surface area (Å²) in [6, 6.07) is 7.79. The zero-order valence-corrected chi connectivity index (χ0v) is 15.2. The third kappa shape index (κ3) is 2.66. The number of methoxy groups -OCH3 is 1. The number of nitrogens with zero attached hydrogens (tertiary/aromatic N) is 4. The second-order valence-corrected chi connectivity index (χ2v) is 6.22. The Labute approximate surface area is 146 Å². The molecule has 8 heteroatoms. The van der Waals surface area contributed by atoms with Crippen LogP contribution in [0.15, 0.2) is 38.6 Å². The van der Waals surface area contributed by atoms with Crippen molar-refractivity contribution in [1.29, 1.82) is 0 Å². The summed E-state index contributed by atoms with van der Waals surface area (Å²) in [5.41, 5.74) is 1.16. The second kappa shape index (κ2) is 6.27. The van der Waals surface area contributed by atoms with Gasteiger partial charge < -0.3 is 9.30 Å². The van der Waals surface area contributed by atoms with Gasteiger partial charge in [0.05, 0.1) is 7.11 Å². The molecular formula is C16H17BrN4O3. The number of hydrogen-bond donors (Lipinski definition) is 0. The monoisotopic (exact) mass is 392 g/mol. The summed E-state index contributed by atoms with van der Waals surface area (Å²) in [4.78, 5) is 28.7. The maximum absolute atomic E-state index is 12.3. The van der Waals surface area contributed by atoms with Crippen molar-refractivity contribution in [2.45, 2.75) is 13.0 Å². The van der Waals surface area contributed by atoms with E-state index < -0.39 is 5.56 Å². The highest BCUT2D eigenvalue weighted by atomic mass is 79.9. The lowest BCUT2D eigenvalue weighted by atomic mass is 10.1. The standard InChI is InChI=1S/C16H17BrN4O3/c1-19-13-12(14(22)20(2)16(19)23)18-15(17)21(13)9-8-10-4-6-11(24-3)7-5-10/h4-7H,8-9H2,1-3H3. The molecule has 1 aromatic carbocycles. The molecule has 0 amide bonds. The van der Waals surface area contributed by atoms with Gasteiger partial charge in [-0.1, -0.05) is 12.1 Å². The number of aryl methyl sites for hydroxylation is 3. The van der Waals surface area contributed by atoms with E-state index in [2.05, 4.69) is 20.9 Å². The van der Waals surface area contributed by atoms with E-state index in [0.29, 0.717) is 16.9 Å². The summed E-state index contributed by atoms with van der Waals surface area (Å²) in [5, 5.41) is 0. The molecule has 3 rings (SSSR count). The minimum atomic E-state index is -0.392. The van der Waals surface area contributed by atoms with Gasteiger partial charge in [-0.15, -0.1) is 0 Å². The number of aromatic nitrogens is 4. The van der Waals surface area contributed by atoms with Gasteiger partial charge in [0.2, 0.25) is 0 Å². The minimum absolute atomic E-state index is 0.279. The quantitative estimate of drug-likeness (QED) is 0.630. The van der Waals surface area contributed by atoms with Crippen molar-refractivity contribution in [2.75, 3.05) is 7.11 Å². The minimum Gasteiger partial charge on any atom is -0.497 e. The number of halogens is 1. The highest BCUT2D eigenvalue weighted by Gasteiger charge is 2.17. The number of benzene rings is 1. The van der Waals surface area contributed by atoms with E-state index in [1.807, 2.05) is 28.8 Å². The first kappa shape index (κ1) is 16.5. The van der Waals surface area contributed by atoms with Crippen LogP contribution in [-0.4, -0.2) is 25.8 Å². The van der Waals surface area contributed by atoms with E-state index >= 15 is 0 Å². The molecule has 0 aliphatic heterocycles. The van der Waals surface area contributed by atoms with Crippen molar-refractivity contribution < 1.29 is 4.74 Å². The van der Waals surface area contributed by atoms with Crippen molar-refractivity contribution in [3.63, 3.8) is 0 Å². The fourth-order valence-electron chi connectivity index (χ4n) is 2.69. The molecule has 0 aliphatic rings. The second-order valence-electron chi connectivity index (χ2n) is 5.51. The van der Waals surface area contributed by atoms with Crippen LogP contribution in [0.4, 0.5) is 0 Å². The van der Waals surface area contributed by atoms with Crippen molar-refractivity contribution in [2.24, 2.45) is 14.1 Å². The first-order valence-corrected chi connectivity index (χ1v) is 8.18. The lowest BCUT2D eigenvalue weighted by molar-refractivity contribution is 0.414. The SMILES string of the molecule is COc1ccc(CCn2c(Br)nc3c(=O)n(C)c(=O)n(C)c32)cc1. The predicted molar refractivity (Wildman–Crippen MR) is 94.6 cm³/mol. The summed E-state index contributed by atoms with van der Waals surface area (Å²) in [6.45, 7) is 0.587. The molecule has 2 heterocycles. The fraction of sp³-hybridized carbons (Fsp3) is 0.312. The predicted octanol–water partition coefficient (Wildman–Crippen LogP) is 1.45. The summed E-state index contributed by atoms with van der Waals surface area (Å²) >= 11 is 3.39. The van der Waals surface area contributed by atoms with Gasteiger partial charge in [0, 0.05) is 20.6 Å². The van der Waals surface area contributed by atoms with Crippen molar-refractivity contribution in [3.8, 4) is 5.75 Å². The summed E-state index contributed by atoms with van der Waals surface area (Å²) in [5.74, 6) is 0.805. The van der Waals surface area contributed by atoms with Gasteiger partial charge in [0.15, 0.2) is 15.9 Å². The molecule has 0 radical (unpaired) electrons. The van der Waals surface area contributed by atoms with Crippen molar-refractivity contribution in [1.82, 2.24) is 18.7 Å². The molecule has 126 valence electrons. The van der Waals surface area contributed by atoms with Crippen LogP contribution in [-0.2, 0) is 27.1 Å². The van der Waals surface area contributed by atoms with Gasteiger partial charge in [0.25, 0.3) is 5.56 Å². The topological polar surface area (TPSA) is 71.1 Å². The van der Waals surface area contributed by atoms with Crippen LogP contribution in [0.25, 0.3) is 11.2 Å². The normalized spacial score (nSPS) is 11.2. The van der Waals surface area contributed by atoms with Crippen LogP contribution >= 0.6 is 15.9 Å². The fourth-order valence-corrected chi connectivity index (χ4v) is 3.22. The zero-order chi connectivity index (χ0) is 17.4. The molecule has 0 atom stereocenters. The largest absolute Gasteiger partial charge is 0.497 e. The molecule has 7 nitrogen and oxygen atoms in total. The molecule has 0 aliphatic carbocycles. The van der Waals surface area contributed by atoms with Crippen LogP contribution in [0.2, 0.25) is 0 Å². The van der Waals surface area contributed by atoms with E-state index in [9.17, 15) is 9.59 Å². The van der Waals surface area contributed by atoms with E-state index in [0.717, 1.165) is 22.3 Å². The Kier molecular flexibility index (Phi) is 4.31. The number of rotatable bonds is 4. The highest BCUT2D eigenvalue weighted by molar-refractivity contribution is 9.10. The third-order valence-electron chi connectivity index (χ3n) is 4.08. The molecule has 2 aromatic heterocycles. The van der Waals surface area contributed by atoms with E-state index in [-0.39, 0.29) is 11.2 Å². The number of imidazole rings is 1. The summed E-state index contributed by atoms with van der Waals surface area (Å²) < 4.78 is 10.0. The average Bonchev–Trinajstić information content (AvgIpc) is 2.93. The van der Waals surface area contributed by atoms with Crippen molar-refractivity contribution in [3.05, 3.63) is 55.4 Å². The Hall–Kier alpha value is -2.35. The molecule has 0 fully saturated rings. The Morgan fingerprint density at radius 2 is 1.79 bits per heavy atom. The molecule has 24 heavy (non-hydrogen) atoms. The van der Waals surface area contributed by atoms with Crippen LogP contribution in [0.3, 0.4) is 0 Å². The lowest BCUT2D eigenvalue weighted by Crippen LogP contribution is -2.37. The number of ether oxygens (including phenoxy) is 1. The summed E-state index contributed by atoms with van der Waals surface area (Å²) in [6.07, 6.45) is 0.734. The average molecular weight is 393 g/mol. The van der Waals surface area contributed by atoms with Crippen molar-refractivity contribution >= 4 is 27.1 Å². The van der Waals surface area contributed by atoms with Gasteiger partial charge >= 0.3 is 5.69 Å². The van der Waals surface area contributed by atoms with Crippen LogP contribution in [0, 0.1) is 0 Å². The van der Waals surface area contributed by atoms with Gasteiger partial charge in [-0.2, -0.15) is 0 Å². The molecule has 0 N–H and O–H groups in total. The van der Waals surface area contributed by atoms with E-state index in [4.69, 9.17) is 4.74 Å². The molecule has 0 bridgehead atoms. The maximum atomic E-state index is 12.3. The summed E-state index contributed by atoms with van der Waals surface area (Å²) in [7, 11) is 4.72. The number of hydrogen-bond acceptors (Lipinski definition) is 4. The Bertz CT molecular complexity index is 1010. The van der Waals surface area contributed by atoms with Crippen LogP contribution < -0.4 is 16.0 Å². The molecule has 3 aromatic rings. The Morgan fingerprint density at radius 3 is 2.42 bits per heavy atom. The van der Waals surface area contributed by atoms with Gasteiger partial charge in [-0.05, 0) is 40.0 Å². The van der Waals surface area contributed by atoms with Gasteiger partial charge in [-0.3, -0.25) is 13.9 Å². The molecule has 0 saturated heterocycles. The Balaban J connectivity index is 2.02. The lowest BCUT2D eigenvalue weighted by Gasteiger charge is -2.10. The third-order valence-corrected chi connectivity index (χ3v) is 4.68. The van der Waals surface area contributed by atoms with Crippen LogP contribution in [0.5, 0.6) is 5.75 Å². The first-order valence-electron chi connectivity index (χ1n) is 7.38. The van der Waals surface area contributed by atoms with Crippen LogP contribution in [0.1, 0.15) is 5.56 Å². The smallest absolute Gasteiger partial charge is 0.332 e. The van der Waals surface area contributed by atoms with Gasteiger partial charge in [-0.25, -0.2) is 9.78 Å². The van der Waals surface area contributed by atoms with Gasteiger partial charge in [0.1, 0.15) is 5.75 Å². The number of fused-ring (bicyclic) bond motifs is 1. The van der Waals surface area contributed by atoms with E-state index in [1.165, 1.54) is 11.6 Å². The Morgan fingerprint density at radius 1 is 1.12 bits per heavy atom. The molecule has 0 spiro atoms. The molecule has 0 saturated carbocycles. The highest BCUT2D eigenvalue weighted by Crippen LogP contribution is 2.18. The first-order chi connectivity index (χ1) is 11.4. The maximum Gasteiger partial charge on any atom is 0.332 e. The molecular weight excluding hydrogens is 376 g/mol. The van der Waals surface area contributed by atoms with E-state index in [1.54, 1.807) is 14.2 Å².